The molecule has 2 N–H and O–H groups in total. The first-order valence-electron chi connectivity index (χ1n) is 11.1. The summed E-state index contributed by atoms with van der Waals surface area (Å²) in [4.78, 5) is 13.1. The van der Waals surface area contributed by atoms with Crippen molar-refractivity contribution in [2.24, 2.45) is 0 Å². The van der Waals surface area contributed by atoms with Crippen LogP contribution in [0.2, 0.25) is 5.02 Å². The highest BCUT2D eigenvalue weighted by Gasteiger charge is 2.28. The van der Waals surface area contributed by atoms with Gasteiger partial charge in [0.05, 0.1) is 7.11 Å². The lowest BCUT2D eigenvalue weighted by Gasteiger charge is -2.20. The van der Waals surface area contributed by atoms with Gasteiger partial charge in [-0.25, -0.2) is 8.42 Å². The largest absolute Gasteiger partial charge is 0.495 e. The van der Waals surface area contributed by atoms with E-state index >= 15 is 0 Å². The molecular weight excluding hydrogens is 472 g/mol. The van der Waals surface area contributed by atoms with E-state index in [1.807, 2.05) is 54.6 Å². The van der Waals surface area contributed by atoms with Crippen molar-refractivity contribution in [2.75, 3.05) is 12.4 Å². The first kappa shape index (κ1) is 25.7. The van der Waals surface area contributed by atoms with Crippen LogP contribution in [0.3, 0.4) is 0 Å². The average Bonchev–Trinajstić information content (AvgIpc) is 2.83. The Morgan fingerprint density at radius 2 is 1.71 bits per heavy atom. The van der Waals surface area contributed by atoms with E-state index in [2.05, 4.69) is 17.0 Å². The summed E-state index contributed by atoms with van der Waals surface area (Å²) in [5, 5.41) is 3.08. The molecule has 34 heavy (non-hydrogen) atoms. The Kier molecular flexibility index (Phi) is 9.10. The zero-order chi connectivity index (χ0) is 24.6. The summed E-state index contributed by atoms with van der Waals surface area (Å²) in [6.45, 7) is 2.14. The van der Waals surface area contributed by atoms with Crippen molar-refractivity contribution in [1.82, 2.24) is 4.72 Å². The lowest BCUT2D eigenvalue weighted by molar-refractivity contribution is -0.117. The van der Waals surface area contributed by atoms with Crippen LogP contribution >= 0.6 is 11.6 Å². The molecule has 3 rings (SSSR count). The molecule has 0 spiro atoms. The zero-order valence-electron chi connectivity index (χ0n) is 19.3. The maximum absolute atomic E-state index is 13.2. The molecule has 180 valence electrons. The molecule has 0 bridgehead atoms. The Hall–Kier alpha value is -2.87. The first-order chi connectivity index (χ1) is 16.3. The fourth-order valence-corrected chi connectivity index (χ4v) is 5.14. The van der Waals surface area contributed by atoms with Gasteiger partial charge in [0.1, 0.15) is 16.7 Å². The Labute approximate surface area is 206 Å². The van der Waals surface area contributed by atoms with Gasteiger partial charge in [0.25, 0.3) is 0 Å². The summed E-state index contributed by atoms with van der Waals surface area (Å²) in [7, 11) is -2.74. The van der Waals surface area contributed by atoms with Crippen LogP contribution in [0.1, 0.15) is 30.9 Å². The molecule has 0 aliphatic heterocycles. The monoisotopic (exact) mass is 500 g/mol. The second-order valence-electron chi connectivity index (χ2n) is 7.95. The van der Waals surface area contributed by atoms with Gasteiger partial charge in [0.2, 0.25) is 15.9 Å². The summed E-state index contributed by atoms with van der Waals surface area (Å²) in [6, 6.07) is 20.1. The average molecular weight is 501 g/mol. The fourth-order valence-electron chi connectivity index (χ4n) is 3.51. The van der Waals surface area contributed by atoms with Crippen molar-refractivity contribution in [1.29, 1.82) is 0 Å². The number of methoxy groups -OCH3 is 1. The predicted molar refractivity (Wildman–Crippen MR) is 136 cm³/mol. The summed E-state index contributed by atoms with van der Waals surface area (Å²) in [5.41, 5.74) is 2.61. The third-order valence-electron chi connectivity index (χ3n) is 5.35. The summed E-state index contributed by atoms with van der Waals surface area (Å²) < 4.78 is 34.2. The number of sulfonamides is 1. The van der Waals surface area contributed by atoms with Crippen LogP contribution in [0.4, 0.5) is 5.69 Å². The number of aryl methyl sites for hydroxylation is 1. The van der Waals surface area contributed by atoms with Gasteiger partial charge in [-0.2, -0.15) is 4.72 Å². The Balaban J connectivity index is 1.85. The minimum Gasteiger partial charge on any atom is -0.495 e. The van der Waals surface area contributed by atoms with Crippen molar-refractivity contribution in [3.05, 3.63) is 88.9 Å². The van der Waals surface area contributed by atoms with Crippen molar-refractivity contribution >= 4 is 33.2 Å². The van der Waals surface area contributed by atoms with Gasteiger partial charge in [-0.1, -0.05) is 67.4 Å². The van der Waals surface area contributed by atoms with Gasteiger partial charge in [0, 0.05) is 10.7 Å². The third-order valence-corrected chi connectivity index (χ3v) is 7.08. The molecule has 0 aliphatic rings. The predicted octanol–water partition coefficient (Wildman–Crippen LogP) is 5.22. The second-order valence-corrected chi connectivity index (χ2v) is 10.1. The normalized spacial score (nSPS) is 12.2. The molecule has 0 radical (unpaired) electrons. The number of hydrogen-bond acceptors (Lipinski definition) is 4. The molecule has 1 atom stereocenters. The van der Waals surface area contributed by atoms with E-state index in [0.29, 0.717) is 5.69 Å². The molecule has 8 heteroatoms. The highest BCUT2D eigenvalue weighted by atomic mass is 35.5. The maximum atomic E-state index is 13.2. The van der Waals surface area contributed by atoms with Crippen LogP contribution in [0.5, 0.6) is 5.75 Å². The fraction of sp³-hybridized carbons (Fsp3) is 0.269. The molecule has 3 aromatic rings. The standard InChI is InChI=1S/C26H29ClN2O4S/c1-3-4-8-19-11-14-22(15-12-19)28-26(30)23(17-20-9-6-5-7-10-20)29-34(31,32)25-18-21(27)13-16-24(25)33-2/h5-7,9-16,18,23,29H,3-4,8,17H2,1-2H3,(H,28,30). The second kappa shape index (κ2) is 12.0. The van der Waals surface area contributed by atoms with Gasteiger partial charge >= 0.3 is 0 Å². The zero-order valence-corrected chi connectivity index (χ0v) is 20.8. The van der Waals surface area contributed by atoms with Gasteiger partial charge in [-0.3, -0.25) is 4.79 Å². The van der Waals surface area contributed by atoms with Crippen LogP contribution in [-0.4, -0.2) is 27.5 Å². The molecule has 0 aliphatic carbocycles. The molecule has 0 saturated carbocycles. The number of nitrogens with one attached hydrogen (secondary N) is 2. The van der Waals surface area contributed by atoms with E-state index in [0.717, 1.165) is 24.8 Å². The highest BCUT2D eigenvalue weighted by molar-refractivity contribution is 7.89. The quantitative estimate of drug-likeness (QED) is 0.378. The van der Waals surface area contributed by atoms with Gasteiger partial charge < -0.3 is 10.1 Å². The number of ether oxygens (including phenoxy) is 1. The Morgan fingerprint density at radius 3 is 2.35 bits per heavy atom. The van der Waals surface area contributed by atoms with Crippen LogP contribution in [0.15, 0.2) is 77.7 Å². The van der Waals surface area contributed by atoms with Gasteiger partial charge in [-0.15, -0.1) is 0 Å². The van der Waals surface area contributed by atoms with E-state index in [1.54, 1.807) is 0 Å². The van der Waals surface area contributed by atoms with Crippen LogP contribution < -0.4 is 14.8 Å². The SMILES string of the molecule is CCCCc1ccc(NC(=O)C(Cc2ccccc2)NS(=O)(=O)c2cc(Cl)ccc2OC)cc1. The Bertz CT molecular complexity index is 1200. The molecular formula is C26H29ClN2O4S. The number of carbonyl (C=O) groups excluding carboxylic acids is 1. The molecule has 3 aromatic carbocycles. The Morgan fingerprint density at radius 1 is 1.00 bits per heavy atom. The molecule has 0 fully saturated rings. The topological polar surface area (TPSA) is 84.5 Å². The number of halogens is 1. The van der Waals surface area contributed by atoms with Gasteiger partial charge in [0.15, 0.2) is 0 Å². The summed E-state index contributed by atoms with van der Waals surface area (Å²) in [5.74, 6) is -0.326. The number of rotatable bonds is 11. The molecule has 6 nitrogen and oxygen atoms in total. The number of unbranched alkanes of at least 4 members (excludes halogenated alkanes) is 1. The molecule has 0 saturated heterocycles. The number of anilines is 1. The number of benzene rings is 3. The maximum Gasteiger partial charge on any atom is 0.245 e. The van der Waals surface area contributed by atoms with Crippen LogP contribution in [0.25, 0.3) is 0 Å². The molecule has 0 heterocycles. The minimum atomic E-state index is -4.12. The highest BCUT2D eigenvalue weighted by Crippen LogP contribution is 2.27. The minimum absolute atomic E-state index is 0.131. The van der Waals surface area contributed by atoms with Gasteiger partial charge in [-0.05, 0) is 60.7 Å². The summed E-state index contributed by atoms with van der Waals surface area (Å²) >= 11 is 6.03. The lowest BCUT2D eigenvalue weighted by Crippen LogP contribution is -2.45. The van der Waals surface area contributed by atoms with E-state index in [9.17, 15) is 13.2 Å². The van der Waals surface area contributed by atoms with Crippen molar-refractivity contribution in [3.8, 4) is 5.75 Å². The van der Waals surface area contributed by atoms with Crippen molar-refractivity contribution in [3.63, 3.8) is 0 Å². The molecule has 0 aromatic heterocycles. The number of hydrogen-bond donors (Lipinski definition) is 2. The molecule has 1 amide bonds. The smallest absolute Gasteiger partial charge is 0.245 e. The van der Waals surface area contributed by atoms with Crippen LogP contribution in [-0.2, 0) is 27.7 Å². The van der Waals surface area contributed by atoms with E-state index in [-0.39, 0.29) is 22.1 Å². The number of amides is 1. The summed E-state index contributed by atoms with van der Waals surface area (Å²) in [6.07, 6.45) is 3.35. The number of carbonyl (C=O) groups is 1. The van der Waals surface area contributed by atoms with Crippen molar-refractivity contribution in [2.45, 2.75) is 43.5 Å². The molecule has 1 unspecified atom stereocenters. The third kappa shape index (κ3) is 7.06. The van der Waals surface area contributed by atoms with E-state index in [1.165, 1.54) is 30.9 Å². The van der Waals surface area contributed by atoms with E-state index in [4.69, 9.17) is 16.3 Å². The van der Waals surface area contributed by atoms with Crippen LogP contribution in [0, 0.1) is 0 Å². The van der Waals surface area contributed by atoms with Crippen molar-refractivity contribution < 1.29 is 17.9 Å². The van der Waals surface area contributed by atoms with E-state index < -0.39 is 22.0 Å². The first-order valence-corrected chi connectivity index (χ1v) is 13.0. The lowest BCUT2D eigenvalue weighted by atomic mass is 10.1.